The van der Waals surface area contributed by atoms with Gasteiger partial charge in [0.05, 0.1) is 25.4 Å². The Balaban J connectivity index is 0.000000256. The molecule has 0 aliphatic rings. The highest BCUT2D eigenvalue weighted by Gasteiger charge is 2.06. The first-order valence-corrected chi connectivity index (χ1v) is 16.8. The Hall–Kier alpha value is -4.82. The second kappa shape index (κ2) is 21.1. The van der Waals surface area contributed by atoms with Crippen LogP contribution in [-0.2, 0) is 12.8 Å². The molecule has 0 fully saturated rings. The molecule has 47 heavy (non-hydrogen) atoms. The molecule has 2 heterocycles. The van der Waals surface area contributed by atoms with Crippen LogP contribution in [0.5, 0.6) is 11.5 Å². The second-order valence-electron chi connectivity index (χ2n) is 11.8. The lowest BCUT2D eigenvalue weighted by Gasteiger charge is -2.08. The zero-order chi connectivity index (χ0) is 33.7. The monoisotopic (exact) mass is 632 g/mol. The average molecular weight is 633 g/mol. The van der Waals surface area contributed by atoms with Gasteiger partial charge in [-0.25, -0.2) is 19.9 Å². The van der Waals surface area contributed by atoms with Crippen LogP contribution in [-0.4, -0.2) is 33.1 Å². The fraction of sp³-hybridized carbons (Fsp3) is 0.436. The summed E-state index contributed by atoms with van der Waals surface area (Å²) in [6.45, 7) is 9.29. The largest absolute Gasteiger partial charge is 0.494 e. The summed E-state index contributed by atoms with van der Waals surface area (Å²) in [5, 5.41) is 17.5. The number of hydrogen-bond donors (Lipinski definition) is 0. The molecule has 0 saturated heterocycles. The molecule has 0 N–H and O–H groups in total. The number of nitriles is 2. The predicted molar refractivity (Wildman–Crippen MR) is 187 cm³/mol. The molecule has 246 valence electrons. The van der Waals surface area contributed by atoms with Gasteiger partial charge in [0.25, 0.3) is 0 Å². The van der Waals surface area contributed by atoms with E-state index in [0.29, 0.717) is 13.2 Å². The van der Waals surface area contributed by atoms with E-state index in [0.717, 1.165) is 60.0 Å². The molecule has 0 bridgehead atoms. The zero-order valence-electron chi connectivity index (χ0n) is 28.4. The number of aromatic nitrogens is 4. The Labute approximate surface area is 280 Å². The zero-order valence-corrected chi connectivity index (χ0v) is 28.4. The van der Waals surface area contributed by atoms with Gasteiger partial charge in [-0.2, -0.15) is 10.5 Å². The molecule has 8 nitrogen and oxygen atoms in total. The van der Waals surface area contributed by atoms with Crippen LogP contribution in [0.3, 0.4) is 0 Å². The molecule has 2 aromatic heterocycles. The van der Waals surface area contributed by atoms with Gasteiger partial charge >= 0.3 is 0 Å². The molecule has 4 aromatic rings. The summed E-state index contributed by atoms with van der Waals surface area (Å²) >= 11 is 0. The minimum atomic E-state index is 0.0218. The molecule has 2 aromatic carbocycles. The number of ether oxygens (including phenoxy) is 2. The van der Waals surface area contributed by atoms with Gasteiger partial charge in [0.15, 0.2) is 11.6 Å². The number of nitrogens with zero attached hydrogens (tertiary/aromatic N) is 6. The first kappa shape index (κ1) is 36.6. The Morgan fingerprint density at radius 2 is 0.957 bits per heavy atom. The van der Waals surface area contributed by atoms with Crippen molar-refractivity contribution >= 4 is 0 Å². The van der Waals surface area contributed by atoms with Crippen molar-refractivity contribution in [3.63, 3.8) is 0 Å². The van der Waals surface area contributed by atoms with Crippen molar-refractivity contribution in [1.82, 2.24) is 19.9 Å². The van der Waals surface area contributed by atoms with Crippen LogP contribution >= 0.6 is 0 Å². The maximum atomic E-state index is 8.75. The third-order valence-corrected chi connectivity index (χ3v) is 7.60. The Bertz CT molecular complexity index is 1510. The van der Waals surface area contributed by atoms with Crippen LogP contribution in [0.15, 0.2) is 73.3 Å². The third kappa shape index (κ3) is 13.6. The van der Waals surface area contributed by atoms with Crippen LogP contribution in [0.4, 0.5) is 0 Å². The smallest absolute Gasteiger partial charge is 0.159 e. The van der Waals surface area contributed by atoms with Crippen LogP contribution in [0.1, 0.15) is 83.8 Å². The number of unbranched alkanes of at least 4 members (excludes halogenated alkanes) is 3. The summed E-state index contributed by atoms with van der Waals surface area (Å²) < 4.78 is 11.3. The van der Waals surface area contributed by atoms with E-state index in [1.807, 2.05) is 87.2 Å². The topological polar surface area (TPSA) is 118 Å². The summed E-state index contributed by atoms with van der Waals surface area (Å²) in [5.74, 6) is 3.12. The SMILES string of the molecule is CCCCCc1cnc(-c2ccc(OCCC(C)C#N)cc2)nc1.CCCCc1cnc(-c2ccc(OCCC(C)C#N)cc2)nc1. The molecule has 0 amide bonds. The second-order valence-corrected chi connectivity index (χ2v) is 11.8. The molecular weight excluding hydrogens is 584 g/mol. The van der Waals surface area contributed by atoms with Crippen LogP contribution < -0.4 is 9.47 Å². The highest BCUT2D eigenvalue weighted by Crippen LogP contribution is 2.21. The summed E-state index contributed by atoms with van der Waals surface area (Å²) in [6, 6.07) is 19.9. The number of hydrogen-bond acceptors (Lipinski definition) is 8. The summed E-state index contributed by atoms with van der Waals surface area (Å²) in [7, 11) is 0. The lowest BCUT2D eigenvalue weighted by atomic mass is 10.1. The summed E-state index contributed by atoms with van der Waals surface area (Å²) in [5.41, 5.74) is 4.33. The maximum Gasteiger partial charge on any atom is 0.159 e. The molecule has 2 unspecified atom stereocenters. The first-order valence-electron chi connectivity index (χ1n) is 16.8. The van der Waals surface area contributed by atoms with Gasteiger partial charge < -0.3 is 9.47 Å². The first-order chi connectivity index (χ1) is 22.9. The lowest BCUT2D eigenvalue weighted by molar-refractivity contribution is 0.297. The number of aryl methyl sites for hydroxylation is 2. The van der Waals surface area contributed by atoms with Gasteiger partial charge in [-0.3, -0.25) is 0 Å². The Morgan fingerprint density at radius 1 is 0.574 bits per heavy atom. The molecule has 0 aliphatic heterocycles. The molecule has 0 spiro atoms. The van der Waals surface area contributed by atoms with Crippen LogP contribution in [0, 0.1) is 34.5 Å². The van der Waals surface area contributed by atoms with Crippen molar-refractivity contribution in [2.24, 2.45) is 11.8 Å². The van der Waals surface area contributed by atoms with Gasteiger partial charge in [-0.15, -0.1) is 0 Å². The van der Waals surface area contributed by atoms with E-state index in [-0.39, 0.29) is 11.8 Å². The summed E-state index contributed by atoms with van der Waals surface area (Å²) in [4.78, 5) is 17.8. The average Bonchev–Trinajstić information content (AvgIpc) is 3.12. The van der Waals surface area contributed by atoms with Crippen LogP contribution in [0.25, 0.3) is 22.8 Å². The number of benzene rings is 2. The van der Waals surface area contributed by atoms with Crippen molar-refractivity contribution in [3.8, 4) is 46.4 Å². The quantitative estimate of drug-likeness (QED) is 0.106. The molecule has 4 rings (SSSR count). The van der Waals surface area contributed by atoms with Gasteiger partial charge in [-0.1, -0.05) is 33.1 Å². The van der Waals surface area contributed by atoms with E-state index in [2.05, 4.69) is 45.9 Å². The van der Waals surface area contributed by atoms with Crippen molar-refractivity contribution in [2.75, 3.05) is 13.2 Å². The predicted octanol–water partition coefficient (Wildman–Crippen LogP) is 9.22. The third-order valence-electron chi connectivity index (χ3n) is 7.60. The van der Waals surface area contributed by atoms with E-state index >= 15 is 0 Å². The minimum Gasteiger partial charge on any atom is -0.494 e. The van der Waals surface area contributed by atoms with E-state index in [1.165, 1.54) is 43.2 Å². The van der Waals surface area contributed by atoms with E-state index < -0.39 is 0 Å². The van der Waals surface area contributed by atoms with Crippen molar-refractivity contribution < 1.29 is 9.47 Å². The highest BCUT2D eigenvalue weighted by atomic mass is 16.5. The molecule has 8 heteroatoms. The minimum absolute atomic E-state index is 0.0218. The highest BCUT2D eigenvalue weighted by molar-refractivity contribution is 5.56. The molecular formula is C39H48N6O2. The van der Waals surface area contributed by atoms with Crippen LogP contribution in [0.2, 0.25) is 0 Å². The molecule has 0 aliphatic carbocycles. The van der Waals surface area contributed by atoms with E-state index in [1.54, 1.807) is 0 Å². The Morgan fingerprint density at radius 3 is 1.32 bits per heavy atom. The fourth-order valence-corrected chi connectivity index (χ4v) is 4.46. The summed E-state index contributed by atoms with van der Waals surface area (Å²) in [6.07, 6.45) is 17.2. The van der Waals surface area contributed by atoms with Gasteiger partial charge in [0.2, 0.25) is 0 Å². The van der Waals surface area contributed by atoms with Gasteiger partial charge in [0.1, 0.15) is 11.5 Å². The van der Waals surface area contributed by atoms with Crippen molar-refractivity contribution in [1.29, 1.82) is 10.5 Å². The molecule has 2 atom stereocenters. The Kier molecular flexibility index (Phi) is 16.4. The van der Waals surface area contributed by atoms with Crippen molar-refractivity contribution in [2.45, 2.75) is 85.5 Å². The lowest BCUT2D eigenvalue weighted by Crippen LogP contribution is -2.02. The molecule has 0 saturated carbocycles. The normalized spacial score (nSPS) is 11.7. The number of rotatable bonds is 17. The standard InChI is InChI=1S/C20H25N3O.C19H23N3O/c1-3-4-5-6-17-14-22-20(23-15-17)18-7-9-19(10-8-18)24-12-11-16(2)13-21;1-3-4-5-16-13-21-19(22-14-16)17-6-8-18(9-7-17)23-11-10-15(2)12-20/h7-10,14-16H,3-6,11-12H2,1-2H3;6-9,13-15H,3-5,10-11H2,1-2H3. The maximum absolute atomic E-state index is 8.75. The van der Waals surface area contributed by atoms with Gasteiger partial charge in [-0.05, 0) is 112 Å². The molecule has 0 radical (unpaired) electrons. The van der Waals surface area contributed by atoms with Gasteiger partial charge in [0, 0.05) is 47.8 Å². The van der Waals surface area contributed by atoms with Crippen molar-refractivity contribution in [3.05, 3.63) is 84.4 Å². The van der Waals surface area contributed by atoms with E-state index in [4.69, 9.17) is 20.0 Å². The van der Waals surface area contributed by atoms with E-state index in [9.17, 15) is 0 Å². The fourth-order valence-electron chi connectivity index (χ4n) is 4.46.